The summed E-state index contributed by atoms with van der Waals surface area (Å²) in [5.41, 5.74) is 1.98. The first-order valence-electron chi connectivity index (χ1n) is 4.22. The molecular formula is C8H11N5. The highest BCUT2D eigenvalue weighted by Gasteiger charge is 2.08. The third kappa shape index (κ3) is 1.32. The van der Waals surface area contributed by atoms with Crippen molar-refractivity contribution in [3.63, 3.8) is 0 Å². The number of aromatic nitrogens is 5. The topological polar surface area (TPSA) is 59.4 Å². The van der Waals surface area contributed by atoms with Crippen molar-refractivity contribution in [2.45, 2.75) is 20.4 Å². The first-order chi connectivity index (χ1) is 6.31. The van der Waals surface area contributed by atoms with E-state index in [1.54, 1.807) is 6.33 Å². The first-order valence-corrected chi connectivity index (χ1v) is 4.22. The number of nitrogens with one attached hydrogen (secondary N) is 1. The quantitative estimate of drug-likeness (QED) is 0.744. The molecule has 2 rings (SSSR count). The molecule has 0 radical (unpaired) electrons. The van der Waals surface area contributed by atoms with Crippen LogP contribution in [0.3, 0.4) is 0 Å². The lowest BCUT2D eigenvalue weighted by Crippen LogP contribution is -1.99. The van der Waals surface area contributed by atoms with Gasteiger partial charge in [-0.1, -0.05) is 0 Å². The molecule has 0 saturated heterocycles. The molecule has 0 atom stereocenters. The molecule has 68 valence electrons. The Hall–Kier alpha value is -1.65. The predicted molar refractivity (Wildman–Crippen MR) is 48.0 cm³/mol. The SMILES string of the molecule is CCn1nc(C)cc1-c1nnc[nH]1. The molecule has 0 amide bonds. The van der Waals surface area contributed by atoms with E-state index in [9.17, 15) is 0 Å². The zero-order valence-electron chi connectivity index (χ0n) is 7.65. The molecule has 13 heavy (non-hydrogen) atoms. The van der Waals surface area contributed by atoms with Gasteiger partial charge in [-0.25, -0.2) is 0 Å². The standard InChI is InChI=1S/C8H11N5/c1-3-13-7(4-6(2)12-13)8-9-5-10-11-8/h4-5H,3H2,1-2H3,(H,9,10,11). The van der Waals surface area contributed by atoms with E-state index in [4.69, 9.17) is 0 Å². The molecule has 0 aliphatic rings. The van der Waals surface area contributed by atoms with E-state index in [1.165, 1.54) is 0 Å². The number of hydrogen-bond donors (Lipinski definition) is 1. The highest BCUT2D eigenvalue weighted by Crippen LogP contribution is 2.14. The summed E-state index contributed by atoms with van der Waals surface area (Å²) in [6, 6.07) is 1.99. The zero-order chi connectivity index (χ0) is 9.26. The van der Waals surface area contributed by atoms with Crippen LogP contribution in [0.2, 0.25) is 0 Å². The van der Waals surface area contributed by atoms with E-state index in [1.807, 2.05) is 24.6 Å². The average molecular weight is 177 g/mol. The van der Waals surface area contributed by atoms with Crippen LogP contribution in [-0.4, -0.2) is 25.0 Å². The second kappa shape index (κ2) is 3.01. The smallest absolute Gasteiger partial charge is 0.179 e. The molecule has 0 unspecified atom stereocenters. The van der Waals surface area contributed by atoms with E-state index < -0.39 is 0 Å². The van der Waals surface area contributed by atoms with Gasteiger partial charge < -0.3 is 4.98 Å². The van der Waals surface area contributed by atoms with Gasteiger partial charge in [0.1, 0.15) is 12.0 Å². The fraction of sp³-hybridized carbons (Fsp3) is 0.375. The summed E-state index contributed by atoms with van der Waals surface area (Å²) >= 11 is 0. The van der Waals surface area contributed by atoms with Gasteiger partial charge in [-0.05, 0) is 19.9 Å². The zero-order valence-corrected chi connectivity index (χ0v) is 7.65. The lowest BCUT2D eigenvalue weighted by atomic mass is 10.3. The Bertz CT molecular complexity index is 387. The molecule has 5 nitrogen and oxygen atoms in total. The first kappa shape index (κ1) is 7.97. The second-order valence-corrected chi connectivity index (χ2v) is 2.82. The Kier molecular flexibility index (Phi) is 1.84. The van der Waals surface area contributed by atoms with Crippen LogP contribution in [0.5, 0.6) is 0 Å². The molecule has 0 aliphatic heterocycles. The van der Waals surface area contributed by atoms with E-state index in [2.05, 4.69) is 20.3 Å². The van der Waals surface area contributed by atoms with Crippen LogP contribution in [0.25, 0.3) is 11.5 Å². The summed E-state index contributed by atoms with van der Waals surface area (Å²) in [5.74, 6) is 0.766. The minimum absolute atomic E-state index is 0.766. The number of H-pyrrole nitrogens is 1. The van der Waals surface area contributed by atoms with Gasteiger partial charge in [0, 0.05) is 6.54 Å². The fourth-order valence-electron chi connectivity index (χ4n) is 1.31. The van der Waals surface area contributed by atoms with Crippen molar-refractivity contribution in [3.05, 3.63) is 18.1 Å². The van der Waals surface area contributed by atoms with Gasteiger partial charge in [0.15, 0.2) is 5.82 Å². The lowest BCUT2D eigenvalue weighted by Gasteiger charge is -1.98. The van der Waals surface area contributed by atoms with Crippen LogP contribution in [0, 0.1) is 6.92 Å². The van der Waals surface area contributed by atoms with Crippen molar-refractivity contribution in [1.82, 2.24) is 25.0 Å². The molecule has 2 aromatic rings. The van der Waals surface area contributed by atoms with Crippen molar-refractivity contribution in [3.8, 4) is 11.5 Å². The number of rotatable bonds is 2. The van der Waals surface area contributed by atoms with Crippen LogP contribution in [0.15, 0.2) is 12.4 Å². The fourth-order valence-corrected chi connectivity index (χ4v) is 1.31. The Morgan fingerprint density at radius 1 is 1.54 bits per heavy atom. The van der Waals surface area contributed by atoms with Gasteiger partial charge in [-0.3, -0.25) is 4.68 Å². The van der Waals surface area contributed by atoms with Crippen LogP contribution in [-0.2, 0) is 6.54 Å². The van der Waals surface area contributed by atoms with E-state index in [-0.39, 0.29) is 0 Å². The Morgan fingerprint density at radius 2 is 2.38 bits per heavy atom. The van der Waals surface area contributed by atoms with Gasteiger partial charge >= 0.3 is 0 Å². The molecule has 0 aliphatic carbocycles. The molecular weight excluding hydrogens is 166 g/mol. The molecule has 0 fully saturated rings. The summed E-state index contributed by atoms with van der Waals surface area (Å²) in [6.45, 7) is 4.85. The molecule has 2 heterocycles. The molecule has 0 spiro atoms. The lowest BCUT2D eigenvalue weighted by molar-refractivity contribution is 0.657. The van der Waals surface area contributed by atoms with E-state index in [0.717, 1.165) is 23.8 Å². The number of aryl methyl sites for hydroxylation is 2. The summed E-state index contributed by atoms with van der Waals surface area (Å²) < 4.78 is 1.90. The van der Waals surface area contributed by atoms with Gasteiger partial charge in [0.2, 0.25) is 0 Å². The predicted octanol–water partition coefficient (Wildman–Crippen LogP) is 0.997. The molecule has 0 saturated carbocycles. The largest absolute Gasteiger partial charge is 0.326 e. The molecule has 5 heteroatoms. The maximum atomic E-state index is 4.31. The van der Waals surface area contributed by atoms with Gasteiger partial charge in [0.25, 0.3) is 0 Å². The summed E-state index contributed by atoms with van der Waals surface area (Å²) in [7, 11) is 0. The van der Waals surface area contributed by atoms with Crippen molar-refractivity contribution in [2.24, 2.45) is 0 Å². The highest BCUT2D eigenvalue weighted by atomic mass is 15.3. The van der Waals surface area contributed by atoms with Gasteiger partial charge in [-0.2, -0.15) is 5.10 Å². The number of hydrogen-bond acceptors (Lipinski definition) is 3. The monoisotopic (exact) mass is 177 g/mol. The highest BCUT2D eigenvalue weighted by molar-refractivity contribution is 5.49. The van der Waals surface area contributed by atoms with Crippen LogP contribution >= 0.6 is 0 Å². The second-order valence-electron chi connectivity index (χ2n) is 2.82. The number of aromatic amines is 1. The van der Waals surface area contributed by atoms with Crippen LogP contribution in [0.1, 0.15) is 12.6 Å². The maximum Gasteiger partial charge on any atom is 0.179 e. The minimum Gasteiger partial charge on any atom is -0.326 e. The molecule has 0 aromatic carbocycles. The summed E-state index contributed by atoms with van der Waals surface area (Å²) in [6.07, 6.45) is 1.57. The average Bonchev–Trinajstić information content (AvgIpc) is 2.71. The van der Waals surface area contributed by atoms with E-state index in [0.29, 0.717) is 0 Å². The Balaban J connectivity index is 2.50. The molecule has 0 bridgehead atoms. The Morgan fingerprint density at radius 3 is 3.00 bits per heavy atom. The molecule has 1 N–H and O–H groups in total. The van der Waals surface area contributed by atoms with Crippen molar-refractivity contribution in [1.29, 1.82) is 0 Å². The summed E-state index contributed by atoms with van der Waals surface area (Å²) in [4.78, 5) is 2.96. The minimum atomic E-state index is 0.766. The molecule has 2 aromatic heterocycles. The van der Waals surface area contributed by atoms with Gasteiger partial charge in [0.05, 0.1) is 5.69 Å². The van der Waals surface area contributed by atoms with Crippen molar-refractivity contribution < 1.29 is 0 Å². The Labute approximate surface area is 75.8 Å². The summed E-state index contributed by atoms with van der Waals surface area (Å²) in [5, 5.41) is 12.0. The van der Waals surface area contributed by atoms with E-state index >= 15 is 0 Å². The van der Waals surface area contributed by atoms with Gasteiger partial charge in [-0.15, -0.1) is 10.2 Å². The van der Waals surface area contributed by atoms with Crippen molar-refractivity contribution >= 4 is 0 Å². The number of nitrogens with zero attached hydrogens (tertiary/aromatic N) is 4. The third-order valence-electron chi connectivity index (χ3n) is 1.86. The maximum absolute atomic E-state index is 4.31. The third-order valence-corrected chi connectivity index (χ3v) is 1.86. The van der Waals surface area contributed by atoms with Crippen molar-refractivity contribution in [2.75, 3.05) is 0 Å². The van der Waals surface area contributed by atoms with Crippen LogP contribution in [0.4, 0.5) is 0 Å². The van der Waals surface area contributed by atoms with Crippen LogP contribution < -0.4 is 0 Å². The normalized spacial score (nSPS) is 10.6.